The van der Waals surface area contributed by atoms with Crippen molar-refractivity contribution in [2.75, 3.05) is 12.4 Å². The molecule has 4 rings (SSSR count). The highest BCUT2D eigenvalue weighted by Gasteiger charge is 2.20. The number of carbonyl (C=O) groups excluding carboxylic acids is 2. The predicted molar refractivity (Wildman–Crippen MR) is 117 cm³/mol. The van der Waals surface area contributed by atoms with E-state index < -0.39 is 5.91 Å². The molecule has 6 nitrogen and oxygen atoms in total. The molecule has 0 atom stereocenters. The number of hydrogen-bond acceptors (Lipinski definition) is 4. The third-order valence-electron chi connectivity index (χ3n) is 5.50. The molecule has 1 aliphatic carbocycles. The van der Waals surface area contributed by atoms with Gasteiger partial charge in [0, 0.05) is 35.1 Å². The second kappa shape index (κ2) is 8.06. The summed E-state index contributed by atoms with van der Waals surface area (Å²) in [6.07, 6.45) is 5.75. The van der Waals surface area contributed by atoms with E-state index in [2.05, 4.69) is 5.32 Å². The number of anilines is 1. The molecule has 6 heteroatoms. The molecule has 1 aliphatic rings. The normalized spacial score (nSPS) is 13.7. The van der Waals surface area contributed by atoms with Gasteiger partial charge in [0.2, 0.25) is 5.91 Å². The Hall–Kier alpha value is -3.54. The van der Waals surface area contributed by atoms with E-state index in [-0.39, 0.29) is 11.5 Å². The van der Waals surface area contributed by atoms with Crippen LogP contribution in [0.5, 0.6) is 5.75 Å². The zero-order chi connectivity index (χ0) is 21.3. The van der Waals surface area contributed by atoms with Crippen molar-refractivity contribution in [1.82, 2.24) is 0 Å². The summed E-state index contributed by atoms with van der Waals surface area (Å²) >= 11 is 0. The molecule has 0 saturated heterocycles. The Morgan fingerprint density at radius 1 is 1.13 bits per heavy atom. The summed E-state index contributed by atoms with van der Waals surface area (Å²) < 4.78 is 11.6. The molecule has 3 aromatic rings. The maximum Gasteiger partial charge on any atom is 0.250 e. The van der Waals surface area contributed by atoms with Crippen LogP contribution < -0.4 is 15.8 Å². The van der Waals surface area contributed by atoms with Crippen molar-refractivity contribution in [2.45, 2.75) is 32.6 Å². The molecule has 0 radical (unpaired) electrons. The summed E-state index contributed by atoms with van der Waals surface area (Å²) in [4.78, 5) is 24.2. The molecule has 0 saturated carbocycles. The SMILES string of the molecule is COc1cc2oc3c(c2cc1/C(C)=C/C(=O)Nc1ccccc1C(N)=O)CCCC3. The molecule has 30 heavy (non-hydrogen) atoms. The fourth-order valence-corrected chi connectivity index (χ4v) is 4.02. The van der Waals surface area contributed by atoms with Crippen LogP contribution in [0.1, 0.15) is 47.0 Å². The Kier molecular flexibility index (Phi) is 5.31. The number of furan rings is 1. The van der Waals surface area contributed by atoms with Gasteiger partial charge < -0.3 is 20.2 Å². The minimum absolute atomic E-state index is 0.265. The van der Waals surface area contributed by atoms with Gasteiger partial charge in [0.05, 0.1) is 18.4 Å². The number of rotatable bonds is 5. The van der Waals surface area contributed by atoms with Gasteiger partial charge in [0.25, 0.3) is 5.91 Å². The fourth-order valence-electron chi connectivity index (χ4n) is 4.02. The van der Waals surface area contributed by atoms with Gasteiger partial charge in [-0.1, -0.05) is 12.1 Å². The highest BCUT2D eigenvalue weighted by atomic mass is 16.5. The number of methoxy groups -OCH3 is 1. The van der Waals surface area contributed by atoms with Crippen LogP contribution in [0.15, 0.2) is 46.9 Å². The molecule has 3 N–H and O–H groups in total. The van der Waals surface area contributed by atoms with Gasteiger partial charge in [-0.25, -0.2) is 0 Å². The zero-order valence-electron chi connectivity index (χ0n) is 17.1. The number of carbonyl (C=O) groups is 2. The van der Waals surface area contributed by atoms with Crippen LogP contribution in [0.3, 0.4) is 0 Å². The smallest absolute Gasteiger partial charge is 0.250 e. The molecule has 1 aromatic heterocycles. The Morgan fingerprint density at radius 3 is 2.67 bits per heavy atom. The van der Waals surface area contributed by atoms with Gasteiger partial charge >= 0.3 is 0 Å². The predicted octanol–water partition coefficient (Wildman–Crippen LogP) is 4.46. The van der Waals surface area contributed by atoms with Crippen LogP contribution >= 0.6 is 0 Å². The highest BCUT2D eigenvalue weighted by molar-refractivity contribution is 6.08. The van der Waals surface area contributed by atoms with E-state index in [0.717, 1.165) is 53.5 Å². The maximum absolute atomic E-state index is 12.6. The molecule has 0 aliphatic heterocycles. The standard InChI is InChI=1S/C24H24N2O4/c1-14(11-23(27)26-19-9-5-3-8-16(19)24(25)28)17-12-18-15-7-4-6-10-20(15)30-22(18)13-21(17)29-2/h3,5,8-9,11-13H,4,6-7,10H2,1-2H3,(H2,25,28)(H,26,27)/b14-11+. The number of amides is 2. The van der Waals surface area contributed by atoms with E-state index >= 15 is 0 Å². The van der Waals surface area contributed by atoms with Crippen molar-refractivity contribution in [3.8, 4) is 5.75 Å². The van der Waals surface area contributed by atoms with Gasteiger partial charge in [-0.05, 0) is 50.0 Å². The molecule has 1 heterocycles. The lowest BCUT2D eigenvalue weighted by atomic mass is 9.94. The molecule has 2 aromatic carbocycles. The van der Waals surface area contributed by atoms with Crippen molar-refractivity contribution >= 4 is 34.0 Å². The lowest BCUT2D eigenvalue weighted by Crippen LogP contribution is -2.17. The monoisotopic (exact) mass is 404 g/mol. The van der Waals surface area contributed by atoms with Crippen LogP contribution in [0, 0.1) is 0 Å². The van der Waals surface area contributed by atoms with Crippen molar-refractivity contribution < 1.29 is 18.7 Å². The van der Waals surface area contributed by atoms with E-state index in [1.165, 1.54) is 11.6 Å². The van der Waals surface area contributed by atoms with Crippen molar-refractivity contribution in [1.29, 1.82) is 0 Å². The number of allylic oxidation sites excluding steroid dienone is 1. The minimum atomic E-state index is -0.594. The number of hydrogen-bond donors (Lipinski definition) is 2. The number of para-hydroxylation sites is 1. The third kappa shape index (κ3) is 3.68. The average Bonchev–Trinajstić information content (AvgIpc) is 3.10. The van der Waals surface area contributed by atoms with E-state index in [9.17, 15) is 9.59 Å². The Balaban J connectivity index is 1.68. The van der Waals surface area contributed by atoms with Crippen LogP contribution in [-0.4, -0.2) is 18.9 Å². The summed E-state index contributed by atoms with van der Waals surface area (Å²) in [6.45, 7) is 1.86. The van der Waals surface area contributed by atoms with Crippen LogP contribution in [0.2, 0.25) is 0 Å². The van der Waals surface area contributed by atoms with Crippen LogP contribution in [-0.2, 0) is 17.6 Å². The summed E-state index contributed by atoms with van der Waals surface area (Å²) in [5.41, 5.74) is 9.68. The number of aryl methyl sites for hydroxylation is 2. The van der Waals surface area contributed by atoms with E-state index in [1.54, 1.807) is 31.4 Å². The number of nitrogens with two attached hydrogens (primary N) is 1. The topological polar surface area (TPSA) is 94.6 Å². The Morgan fingerprint density at radius 2 is 1.90 bits per heavy atom. The maximum atomic E-state index is 12.6. The second-order valence-corrected chi connectivity index (χ2v) is 7.49. The van der Waals surface area contributed by atoms with Gasteiger partial charge in [-0.3, -0.25) is 9.59 Å². The van der Waals surface area contributed by atoms with Crippen molar-refractivity contribution in [3.63, 3.8) is 0 Å². The third-order valence-corrected chi connectivity index (χ3v) is 5.50. The van der Waals surface area contributed by atoms with Gasteiger partial charge in [-0.15, -0.1) is 0 Å². The number of nitrogens with one attached hydrogen (secondary N) is 1. The minimum Gasteiger partial charge on any atom is -0.496 e. The van der Waals surface area contributed by atoms with Crippen molar-refractivity contribution in [2.24, 2.45) is 5.73 Å². The number of benzene rings is 2. The second-order valence-electron chi connectivity index (χ2n) is 7.49. The van der Waals surface area contributed by atoms with Crippen LogP contribution in [0.25, 0.3) is 16.5 Å². The first-order valence-corrected chi connectivity index (χ1v) is 9.98. The molecular formula is C24H24N2O4. The first kappa shape index (κ1) is 19.8. The lowest BCUT2D eigenvalue weighted by Gasteiger charge is -2.11. The Labute approximate surface area is 174 Å². The summed E-state index contributed by atoms with van der Waals surface area (Å²) in [5, 5.41) is 3.81. The molecule has 0 spiro atoms. The van der Waals surface area contributed by atoms with Gasteiger partial charge in [0.15, 0.2) is 0 Å². The quantitative estimate of drug-likeness (QED) is 0.614. The van der Waals surface area contributed by atoms with Gasteiger partial charge in [0.1, 0.15) is 17.1 Å². The molecule has 0 unspecified atom stereocenters. The van der Waals surface area contributed by atoms with E-state index in [0.29, 0.717) is 11.4 Å². The van der Waals surface area contributed by atoms with E-state index in [4.69, 9.17) is 14.9 Å². The van der Waals surface area contributed by atoms with Gasteiger partial charge in [-0.2, -0.15) is 0 Å². The fraction of sp³-hybridized carbons (Fsp3) is 0.250. The molecule has 154 valence electrons. The average molecular weight is 404 g/mol. The van der Waals surface area contributed by atoms with Crippen LogP contribution in [0.4, 0.5) is 5.69 Å². The van der Waals surface area contributed by atoms with Crippen molar-refractivity contribution in [3.05, 3.63) is 64.9 Å². The molecule has 2 amide bonds. The molecule has 0 bridgehead atoms. The number of primary amides is 1. The first-order chi connectivity index (χ1) is 14.5. The first-order valence-electron chi connectivity index (χ1n) is 9.98. The zero-order valence-corrected chi connectivity index (χ0v) is 17.1. The molecule has 0 fully saturated rings. The number of ether oxygens (including phenoxy) is 1. The summed E-state index contributed by atoms with van der Waals surface area (Å²) in [6, 6.07) is 10.6. The summed E-state index contributed by atoms with van der Waals surface area (Å²) in [7, 11) is 1.60. The number of fused-ring (bicyclic) bond motifs is 3. The largest absolute Gasteiger partial charge is 0.496 e. The lowest BCUT2D eigenvalue weighted by molar-refractivity contribution is -0.111. The summed E-state index contributed by atoms with van der Waals surface area (Å²) in [5.74, 6) is 0.756. The molecular weight excluding hydrogens is 380 g/mol. The Bertz CT molecular complexity index is 1170. The van der Waals surface area contributed by atoms with E-state index in [1.807, 2.05) is 19.1 Å². The highest BCUT2D eigenvalue weighted by Crippen LogP contribution is 2.37.